The predicted octanol–water partition coefficient (Wildman–Crippen LogP) is 3.16. The van der Waals surface area contributed by atoms with E-state index in [1.165, 1.54) is 11.1 Å². The first kappa shape index (κ1) is 12.0. The molecule has 0 bridgehead atoms. The standard InChI is InChI=1S/C17H16N2/c18-10-14-5-4-6-15(9-14)11-19-12-17(13-19)16-7-2-1-3-8-16/h1-9,17H,11-13H2. The lowest BCUT2D eigenvalue weighted by atomic mass is 9.91. The first-order valence-electron chi connectivity index (χ1n) is 6.61. The molecule has 94 valence electrons. The zero-order chi connectivity index (χ0) is 13.1. The molecule has 1 heterocycles. The lowest BCUT2D eigenvalue weighted by molar-refractivity contribution is 0.139. The quantitative estimate of drug-likeness (QED) is 0.834. The summed E-state index contributed by atoms with van der Waals surface area (Å²) >= 11 is 0. The van der Waals surface area contributed by atoms with Crippen molar-refractivity contribution in [1.29, 1.82) is 5.26 Å². The molecule has 19 heavy (non-hydrogen) atoms. The Kier molecular flexibility index (Phi) is 3.31. The van der Waals surface area contributed by atoms with Gasteiger partial charge in [0.1, 0.15) is 0 Å². The molecule has 0 saturated carbocycles. The molecule has 0 amide bonds. The van der Waals surface area contributed by atoms with Crippen LogP contribution >= 0.6 is 0 Å². The molecule has 2 aromatic rings. The van der Waals surface area contributed by atoms with E-state index in [0.717, 1.165) is 25.2 Å². The van der Waals surface area contributed by atoms with Crippen molar-refractivity contribution in [1.82, 2.24) is 4.90 Å². The van der Waals surface area contributed by atoms with Crippen LogP contribution in [-0.4, -0.2) is 18.0 Å². The molecule has 0 radical (unpaired) electrons. The minimum absolute atomic E-state index is 0.667. The molecule has 0 aromatic heterocycles. The van der Waals surface area contributed by atoms with E-state index in [2.05, 4.69) is 47.4 Å². The zero-order valence-electron chi connectivity index (χ0n) is 10.8. The topological polar surface area (TPSA) is 27.0 Å². The van der Waals surface area contributed by atoms with Gasteiger partial charge in [-0.3, -0.25) is 4.90 Å². The Balaban J connectivity index is 1.58. The molecule has 0 spiro atoms. The summed E-state index contributed by atoms with van der Waals surface area (Å²) < 4.78 is 0. The highest BCUT2D eigenvalue weighted by Gasteiger charge is 2.27. The summed E-state index contributed by atoms with van der Waals surface area (Å²) in [6.45, 7) is 3.17. The van der Waals surface area contributed by atoms with Gasteiger partial charge in [-0.05, 0) is 23.3 Å². The van der Waals surface area contributed by atoms with Crippen molar-refractivity contribution < 1.29 is 0 Å². The number of hydrogen-bond acceptors (Lipinski definition) is 2. The highest BCUT2D eigenvalue weighted by molar-refractivity contribution is 5.33. The number of likely N-dealkylation sites (tertiary alicyclic amines) is 1. The molecule has 1 aliphatic rings. The summed E-state index contributed by atoms with van der Waals surface area (Å²) in [7, 11) is 0. The van der Waals surface area contributed by atoms with Crippen molar-refractivity contribution in [2.75, 3.05) is 13.1 Å². The fourth-order valence-electron chi connectivity index (χ4n) is 2.63. The summed E-state index contributed by atoms with van der Waals surface area (Å²) in [6.07, 6.45) is 0. The summed E-state index contributed by atoms with van der Waals surface area (Å²) in [5.74, 6) is 0.667. The fraction of sp³-hybridized carbons (Fsp3) is 0.235. The van der Waals surface area contributed by atoms with Gasteiger partial charge in [0.25, 0.3) is 0 Å². The SMILES string of the molecule is N#Cc1cccc(CN2CC(c3ccccc3)C2)c1. The molecular weight excluding hydrogens is 232 g/mol. The van der Waals surface area contributed by atoms with Gasteiger partial charge in [-0.2, -0.15) is 5.26 Å². The van der Waals surface area contributed by atoms with Crippen molar-refractivity contribution in [2.45, 2.75) is 12.5 Å². The van der Waals surface area contributed by atoms with Crippen LogP contribution in [-0.2, 0) is 6.54 Å². The Morgan fingerprint density at radius 2 is 1.84 bits per heavy atom. The van der Waals surface area contributed by atoms with E-state index in [0.29, 0.717) is 5.92 Å². The van der Waals surface area contributed by atoms with Gasteiger partial charge in [-0.25, -0.2) is 0 Å². The maximum atomic E-state index is 8.89. The van der Waals surface area contributed by atoms with E-state index in [-0.39, 0.29) is 0 Å². The minimum Gasteiger partial charge on any atom is -0.298 e. The molecule has 0 aliphatic carbocycles. The van der Waals surface area contributed by atoms with E-state index in [1.807, 2.05) is 18.2 Å². The third-order valence-electron chi connectivity index (χ3n) is 3.69. The Hall–Kier alpha value is -2.11. The van der Waals surface area contributed by atoms with Crippen LogP contribution in [0.15, 0.2) is 54.6 Å². The van der Waals surface area contributed by atoms with Crippen molar-refractivity contribution in [3.8, 4) is 6.07 Å². The van der Waals surface area contributed by atoms with Gasteiger partial charge in [0.05, 0.1) is 11.6 Å². The second-order valence-corrected chi connectivity index (χ2v) is 5.11. The van der Waals surface area contributed by atoms with E-state index in [9.17, 15) is 0 Å². The van der Waals surface area contributed by atoms with Crippen molar-refractivity contribution in [3.63, 3.8) is 0 Å². The highest BCUT2D eigenvalue weighted by atomic mass is 15.2. The zero-order valence-corrected chi connectivity index (χ0v) is 10.8. The van der Waals surface area contributed by atoms with Crippen LogP contribution in [0.2, 0.25) is 0 Å². The average Bonchev–Trinajstić information content (AvgIpc) is 2.43. The molecule has 0 unspecified atom stereocenters. The number of nitriles is 1. The van der Waals surface area contributed by atoms with E-state index >= 15 is 0 Å². The second-order valence-electron chi connectivity index (χ2n) is 5.11. The van der Waals surface area contributed by atoms with Gasteiger partial charge < -0.3 is 0 Å². The third kappa shape index (κ3) is 2.67. The first-order valence-corrected chi connectivity index (χ1v) is 6.61. The number of hydrogen-bond donors (Lipinski definition) is 0. The minimum atomic E-state index is 0.667. The molecule has 1 fully saturated rings. The molecule has 1 aliphatic heterocycles. The van der Waals surface area contributed by atoms with Crippen molar-refractivity contribution in [2.24, 2.45) is 0 Å². The fourth-order valence-corrected chi connectivity index (χ4v) is 2.63. The maximum absolute atomic E-state index is 8.89. The normalized spacial score (nSPS) is 15.7. The summed E-state index contributed by atoms with van der Waals surface area (Å²) in [4.78, 5) is 2.42. The van der Waals surface area contributed by atoms with Crippen molar-refractivity contribution in [3.05, 3.63) is 71.3 Å². The second kappa shape index (κ2) is 5.26. The molecular formula is C17H16N2. The van der Waals surface area contributed by atoms with E-state index in [4.69, 9.17) is 5.26 Å². The number of rotatable bonds is 3. The molecule has 2 aromatic carbocycles. The van der Waals surface area contributed by atoms with Crippen molar-refractivity contribution >= 4 is 0 Å². The number of benzene rings is 2. The number of nitrogens with zero attached hydrogens (tertiary/aromatic N) is 2. The van der Waals surface area contributed by atoms with Gasteiger partial charge in [0, 0.05) is 25.6 Å². The van der Waals surface area contributed by atoms with Crippen LogP contribution in [0.5, 0.6) is 0 Å². The van der Waals surface area contributed by atoms with Gasteiger partial charge >= 0.3 is 0 Å². The lowest BCUT2D eigenvalue weighted by Crippen LogP contribution is -2.44. The molecule has 2 nitrogen and oxygen atoms in total. The Morgan fingerprint density at radius 1 is 1.05 bits per heavy atom. The summed E-state index contributed by atoms with van der Waals surface area (Å²) in [6, 6.07) is 20.8. The predicted molar refractivity (Wildman–Crippen MR) is 75.6 cm³/mol. The Morgan fingerprint density at radius 3 is 2.58 bits per heavy atom. The molecule has 0 N–H and O–H groups in total. The van der Waals surface area contributed by atoms with Crippen LogP contribution < -0.4 is 0 Å². The average molecular weight is 248 g/mol. The molecule has 3 rings (SSSR count). The van der Waals surface area contributed by atoms with Crippen LogP contribution in [0.1, 0.15) is 22.6 Å². The smallest absolute Gasteiger partial charge is 0.0991 e. The van der Waals surface area contributed by atoms with Crippen LogP contribution in [0.25, 0.3) is 0 Å². The van der Waals surface area contributed by atoms with Gasteiger partial charge in [-0.1, -0.05) is 42.5 Å². The van der Waals surface area contributed by atoms with Crippen LogP contribution in [0.4, 0.5) is 0 Å². The van der Waals surface area contributed by atoms with Crippen LogP contribution in [0.3, 0.4) is 0 Å². The summed E-state index contributed by atoms with van der Waals surface area (Å²) in [5, 5.41) is 8.89. The van der Waals surface area contributed by atoms with Crippen LogP contribution in [0, 0.1) is 11.3 Å². The Bertz CT molecular complexity index is 592. The van der Waals surface area contributed by atoms with E-state index in [1.54, 1.807) is 0 Å². The Labute approximate surface area is 113 Å². The summed E-state index contributed by atoms with van der Waals surface area (Å²) in [5.41, 5.74) is 3.41. The van der Waals surface area contributed by atoms with Gasteiger partial charge in [-0.15, -0.1) is 0 Å². The van der Waals surface area contributed by atoms with Gasteiger partial charge in [0.15, 0.2) is 0 Å². The maximum Gasteiger partial charge on any atom is 0.0991 e. The molecule has 0 atom stereocenters. The first-order chi connectivity index (χ1) is 9.35. The monoisotopic (exact) mass is 248 g/mol. The highest BCUT2D eigenvalue weighted by Crippen LogP contribution is 2.28. The third-order valence-corrected chi connectivity index (χ3v) is 3.69. The van der Waals surface area contributed by atoms with E-state index < -0.39 is 0 Å². The van der Waals surface area contributed by atoms with Gasteiger partial charge in [0.2, 0.25) is 0 Å². The molecule has 2 heteroatoms. The molecule has 1 saturated heterocycles. The largest absolute Gasteiger partial charge is 0.298 e. The lowest BCUT2D eigenvalue weighted by Gasteiger charge is -2.39.